The van der Waals surface area contributed by atoms with Crippen LogP contribution < -0.4 is 39.4 Å². The number of rotatable bonds is 18. The number of nitrogens with zero attached hydrogens (tertiary/aromatic N) is 3. The van der Waals surface area contributed by atoms with Gasteiger partial charge in [0.25, 0.3) is 0 Å². The van der Waals surface area contributed by atoms with Crippen LogP contribution in [0.3, 0.4) is 0 Å². The standard InChI is InChI=1S/C43H49N5O8/c1-47(2)34-15-7-32(8-16-34)26-45-42(49)55-40(23-30-11-19-36(51-5)20-12-30)53-38-25-39(29-44-28-38)54-41(24-31-13-21-37(52-6)22-14-31)56-43(50)46-27-33-9-17-35(18-10-33)48(3)4/h7-22,25,28-29,40-41H,23-24,26-27H2,1-6H3,(H,45,49)(H,46,50). The summed E-state index contributed by atoms with van der Waals surface area (Å²) in [5.41, 5.74) is 5.61. The van der Waals surface area contributed by atoms with Gasteiger partial charge in [-0.3, -0.25) is 4.98 Å². The Balaban J connectivity index is 1.27. The highest BCUT2D eigenvalue weighted by Gasteiger charge is 2.21. The van der Waals surface area contributed by atoms with Crippen LogP contribution in [0.15, 0.2) is 116 Å². The van der Waals surface area contributed by atoms with Gasteiger partial charge in [-0.05, 0) is 70.8 Å². The molecule has 0 saturated heterocycles. The van der Waals surface area contributed by atoms with E-state index >= 15 is 0 Å². The van der Waals surface area contributed by atoms with Crippen LogP contribution >= 0.6 is 0 Å². The van der Waals surface area contributed by atoms with Gasteiger partial charge in [0, 0.05) is 71.6 Å². The van der Waals surface area contributed by atoms with Crippen LogP contribution in [-0.2, 0) is 35.4 Å². The van der Waals surface area contributed by atoms with Gasteiger partial charge in [0.15, 0.2) is 0 Å². The predicted molar refractivity (Wildman–Crippen MR) is 215 cm³/mol. The molecule has 4 aromatic carbocycles. The fraction of sp³-hybridized carbons (Fsp3) is 0.279. The number of carbonyl (C=O) groups excluding carboxylic acids is 2. The quantitative estimate of drug-likeness (QED) is 0.0897. The van der Waals surface area contributed by atoms with Crippen molar-refractivity contribution in [2.24, 2.45) is 0 Å². The van der Waals surface area contributed by atoms with Crippen molar-refractivity contribution in [3.8, 4) is 23.0 Å². The number of amides is 2. The highest BCUT2D eigenvalue weighted by Crippen LogP contribution is 2.24. The molecule has 0 aliphatic heterocycles. The lowest BCUT2D eigenvalue weighted by Crippen LogP contribution is -2.33. The molecule has 5 rings (SSSR count). The Labute approximate surface area is 328 Å². The first-order valence-corrected chi connectivity index (χ1v) is 18.0. The molecule has 13 nitrogen and oxygen atoms in total. The van der Waals surface area contributed by atoms with E-state index in [1.807, 2.05) is 135 Å². The lowest BCUT2D eigenvalue weighted by atomic mass is 10.1. The maximum atomic E-state index is 13.1. The summed E-state index contributed by atoms with van der Waals surface area (Å²) in [6.45, 7) is 0.525. The van der Waals surface area contributed by atoms with E-state index in [1.54, 1.807) is 20.3 Å². The fourth-order valence-electron chi connectivity index (χ4n) is 5.45. The maximum Gasteiger partial charge on any atom is 0.410 e. The third-order valence-corrected chi connectivity index (χ3v) is 8.60. The summed E-state index contributed by atoms with van der Waals surface area (Å²) in [5.74, 6) is 1.92. The van der Waals surface area contributed by atoms with E-state index in [4.69, 9.17) is 28.4 Å². The second-order valence-corrected chi connectivity index (χ2v) is 13.2. The predicted octanol–water partition coefficient (Wildman–Crippen LogP) is 6.98. The van der Waals surface area contributed by atoms with Crippen molar-refractivity contribution in [2.75, 3.05) is 52.2 Å². The molecule has 0 bridgehead atoms. The molecule has 0 spiro atoms. The van der Waals surface area contributed by atoms with Gasteiger partial charge in [0.2, 0.25) is 12.6 Å². The minimum Gasteiger partial charge on any atom is -0.497 e. The van der Waals surface area contributed by atoms with E-state index in [0.29, 0.717) is 11.5 Å². The van der Waals surface area contributed by atoms with Crippen LogP contribution in [0.2, 0.25) is 0 Å². The van der Waals surface area contributed by atoms with Gasteiger partial charge >= 0.3 is 12.2 Å². The molecule has 5 aromatic rings. The second-order valence-electron chi connectivity index (χ2n) is 13.2. The smallest absolute Gasteiger partial charge is 0.410 e. The molecule has 0 aliphatic carbocycles. The molecule has 0 saturated carbocycles. The second kappa shape index (κ2) is 20.2. The Morgan fingerprint density at radius 1 is 0.536 bits per heavy atom. The number of anilines is 2. The number of nitrogens with one attached hydrogen (secondary N) is 2. The van der Waals surface area contributed by atoms with Crippen molar-refractivity contribution in [2.45, 2.75) is 38.5 Å². The van der Waals surface area contributed by atoms with E-state index in [-0.39, 0.29) is 37.4 Å². The maximum absolute atomic E-state index is 13.1. The minimum absolute atomic E-state index is 0.223. The van der Waals surface area contributed by atoms with E-state index < -0.39 is 24.8 Å². The molecule has 2 atom stereocenters. The number of carbonyl (C=O) groups is 2. The van der Waals surface area contributed by atoms with Crippen LogP contribution in [0.1, 0.15) is 22.3 Å². The Hall–Kier alpha value is -6.63. The largest absolute Gasteiger partial charge is 0.497 e. The number of hydrogen-bond donors (Lipinski definition) is 2. The zero-order chi connectivity index (χ0) is 39.9. The number of benzene rings is 4. The molecule has 2 amide bonds. The monoisotopic (exact) mass is 763 g/mol. The normalized spacial score (nSPS) is 11.7. The van der Waals surface area contributed by atoms with Gasteiger partial charge < -0.3 is 48.9 Å². The van der Waals surface area contributed by atoms with Crippen molar-refractivity contribution in [3.05, 3.63) is 138 Å². The molecule has 0 radical (unpaired) electrons. The van der Waals surface area contributed by atoms with Crippen molar-refractivity contribution in [1.82, 2.24) is 15.6 Å². The molecule has 1 heterocycles. The Morgan fingerprint density at radius 3 is 1.23 bits per heavy atom. The van der Waals surface area contributed by atoms with Crippen LogP contribution in [-0.4, -0.2) is 72.2 Å². The van der Waals surface area contributed by atoms with Gasteiger partial charge in [0.05, 0.1) is 26.6 Å². The molecular weight excluding hydrogens is 714 g/mol. The number of ether oxygens (including phenoxy) is 6. The van der Waals surface area contributed by atoms with Crippen molar-refractivity contribution >= 4 is 23.6 Å². The number of aromatic nitrogens is 1. The molecule has 2 N–H and O–H groups in total. The lowest BCUT2D eigenvalue weighted by molar-refractivity contribution is -0.0354. The third-order valence-electron chi connectivity index (χ3n) is 8.60. The van der Waals surface area contributed by atoms with E-state index in [1.165, 1.54) is 12.4 Å². The summed E-state index contributed by atoms with van der Waals surface area (Å²) in [5, 5.41) is 5.60. The topological polar surface area (TPSA) is 133 Å². The molecule has 2 unspecified atom stereocenters. The molecule has 294 valence electrons. The van der Waals surface area contributed by atoms with Gasteiger partial charge in [-0.25, -0.2) is 9.59 Å². The Kier molecular flexibility index (Phi) is 14.6. The van der Waals surface area contributed by atoms with Gasteiger partial charge in [-0.1, -0.05) is 48.5 Å². The third kappa shape index (κ3) is 12.8. The van der Waals surface area contributed by atoms with Crippen LogP contribution in [0.25, 0.3) is 0 Å². The SMILES string of the molecule is COc1ccc(CC(OC(=O)NCc2ccc(N(C)C)cc2)Oc2cncc(OC(Cc3ccc(OC)cc3)OC(=O)NCc3ccc(N(C)C)cc3)c2)cc1. The summed E-state index contributed by atoms with van der Waals surface area (Å²) < 4.78 is 34.6. The summed E-state index contributed by atoms with van der Waals surface area (Å²) in [6.07, 6.45) is 0.00877. The first-order valence-electron chi connectivity index (χ1n) is 18.0. The fourth-order valence-corrected chi connectivity index (χ4v) is 5.45. The average molecular weight is 764 g/mol. The lowest BCUT2D eigenvalue weighted by Gasteiger charge is -2.22. The Morgan fingerprint density at radius 2 is 0.893 bits per heavy atom. The first kappa shape index (κ1) is 40.6. The molecule has 0 fully saturated rings. The van der Waals surface area contributed by atoms with E-state index in [0.717, 1.165) is 33.6 Å². The summed E-state index contributed by atoms with van der Waals surface area (Å²) in [4.78, 5) is 34.4. The molecule has 1 aromatic heterocycles. The van der Waals surface area contributed by atoms with Gasteiger partial charge in [-0.2, -0.15) is 0 Å². The number of hydrogen-bond acceptors (Lipinski definition) is 11. The van der Waals surface area contributed by atoms with Crippen molar-refractivity contribution in [3.63, 3.8) is 0 Å². The number of methoxy groups -OCH3 is 2. The van der Waals surface area contributed by atoms with Crippen molar-refractivity contribution in [1.29, 1.82) is 0 Å². The number of alkyl carbamates (subject to hydrolysis) is 2. The van der Waals surface area contributed by atoms with Crippen molar-refractivity contribution < 1.29 is 38.0 Å². The summed E-state index contributed by atoms with van der Waals surface area (Å²) >= 11 is 0. The highest BCUT2D eigenvalue weighted by molar-refractivity contribution is 5.68. The van der Waals surface area contributed by atoms with Crippen LogP contribution in [0, 0.1) is 0 Å². The molecule has 56 heavy (non-hydrogen) atoms. The molecular formula is C43H49N5O8. The van der Waals surface area contributed by atoms with Gasteiger partial charge in [0.1, 0.15) is 23.0 Å². The molecule has 13 heteroatoms. The number of pyridine rings is 1. The van der Waals surface area contributed by atoms with E-state index in [2.05, 4.69) is 15.6 Å². The van der Waals surface area contributed by atoms with Crippen LogP contribution in [0.5, 0.6) is 23.0 Å². The van der Waals surface area contributed by atoms with Gasteiger partial charge in [-0.15, -0.1) is 0 Å². The van der Waals surface area contributed by atoms with E-state index in [9.17, 15) is 9.59 Å². The highest BCUT2D eigenvalue weighted by atomic mass is 16.7. The minimum atomic E-state index is -1.04. The average Bonchev–Trinajstić information content (AvgIpc) is 3.20. The first-order chi connectivity index (χ1) is 27.1. The molecule has 0 aliphatic rings. The van der Waals surface area contributed by atoms with Crippen LogP contribution in [0.4, 0.5) is 21.0 Å². The zero-order valence-electron chi connectivity index (χ0n) is 32.6. The summed E-state index contributed by atoms with van der Waals surface area (Å²) in [6, 6.07) is 32.0. The zero-order valence-corrected chi connectivity index (χ0v) is 32.6. The summed E-state index contributed by atoms with van der Waals surface area (Å²) in [7, 11) is 11.0. The Bertz CT molecular complexity index is 1830.